The first-order valence-corrected chi connectivity index (χ1v) is 4.60. The Morgan fingerprint density at radius 1 is 1.43 bits per heavy atom. The zero-order valence-corrected chi connectivity index (χ0v) is 8.63. The molecule has 0 aliphatic heterocycles. The minimum atomic E-state index is 0.730. The number of hydrogen-bond acceptors (Lipinski definition) is 2. The Bertz CT molecular complexity index is 336. The first kappa shape index (κ1) is 10.6. The molecule has 0 spiro atoms. The molecule has 1 aromatic carbocycles. The van der Waals surface area contributed by atoms with Crippen molar-refractivity contribution in [2.45, 2.75) is 13.5 Å². The van der Waals surface area contributed by atoms with Crippen molar-refractivity contribution in [2.24, 2.45) is 0 Å². The van der Waals surface area contributed by atoms with Crippen LogP contribution in [0.25, 0.3) is 0 Å². The number of nitrogens with one attached hydrogen (secondary N) is 1. The largest absolute Gasteiger partial charge is 0.497 e. The SMILES string of the molecule is CC#CCNCc1cccc(OC)c1. The summed E-state index contributed by atoms with van der Waals surface area (Å²) in [6.45, 7) is 3.40. The van der Waals surface area contributed by atoms with Crippen molar-refractivity contribution >= 4 is 0 Å². The van der Waals surface area contributed by atoms with Crippen LogP contribution in [-0.4, -0.2) is 13.7 Å². The molecule has 1 rings (SSSR count). The summed E-state index contributed by atoms with van der Waals surface area (Å²) in [5.74, 6) is 6.69. The van der Waals surface area contributed by atoms with Gasteiger partial charge in [0.05, 0.1) is 13.7 Å². The van der Waals surface area contributed by atoms with E-state index in [1.165, 1.54) is 5.56 Å². The molecule has 74 valence electrons. The summed E-state index contributed by atoms with van der Waals surface area (Å²) in [7, 11) is 1.68. The molecule has 0 amide bonds. The van der Waals surface area contributed by atoms with Crippen LogP contribution < -0.4 is 10.1 Å². The van der Waals surface area contributed by atoms with Crippen molar-refractivity contribution in [1.29, 1.82) is 0 Å². The monoisotopic (exact) mass is 189 g/mol. The minimum Gasteiger partial charge on any atom is -0.497 e. The number of benzene rings is 1. The second-order valence-electron chi connectivity index (χ2n) is 2.88. The molecule has 2 heteroatoms. The zero-order chi connectivity index (χ0) is 10.2. The second kappa shape index (κ2) is 6.06. The van der Waals surface area contributed by atoms with E-state index in [0.29, 0.717) is 0 Å². The van der Waals surface area contributed by atoms with E-state index in [1.807, 2.05) is 25.1 Å². The van der Waals surface area contributed by atoms with Gasteiger partial charge in [0.2, 0.25) is 0 Å². The average Bonchev–Trinajstić information content (AvgIpc) is 2.25. The molecule has 0 unspecified atom stereocenters. The fourth-order valence-electron chi connectivity index (χ4n) is 1.14. The molecule has 0 radical (unpaired) electrons. The molecule has 0 saturated carbocycles. The fraction of sp³-hybridized carbons (Fsp3) is 0.333. The lowest BCUT2D eigenvalue weighted by Gasteiger charge is -2.04. The number of hydrogen-bond donors (Lipinski definition) is 1. The van der Waals surface area contributed by atoms with Gasteiger partial charge in [-0.1, -0.05) is 18.1 Å². The highest BCUT2D eigenvalue weighted by Gasteiger charge is 1.93. The van der Waals surface area contributed by atoms with E-state index in [4.69, 9.17) is 4.74 Å². The van der Waals surface area contributed by atoms with E-state index in [2.05, 4.69) is 23.2 Å². The molecule has 0 heterocycles. The first-order chi connectivity index (χ1) is 6.86. The van der Waals surface area contributed by atoms with Gasteiger partial charge in [-0.05, 0) is 24.6 Å². The van der Waals surface area contributed by atoms with Crippen molar-refractivity contribution in [1.82, 2.24) is 5.32 Å². The molecule has 1 aromatic rings. The Labute approximate surface area is 85.3 Å². The lowest BCUT2D eigenvalue weighted by molar-refractivity contribution is 0.414. The third-order valence-electron chi connectivity index (χ3n) is 1.85. The topological polar surface area (TPSA) is 21.3 Å². The lowest BCUT2D eigenvalue weighted by atomic mass is 10.2. The molecular weight excluding hydrogens is 174 g/mol. The van der Waals surface area contributed by atoms with Crippen LogP contribution in [0.15, 0.2) is 24.3 Å². The molecule has 1 N–H and O–H groups in total. The van der Waals surface area contributed by atoms with Crippen LogP contribution in [0.5, 0.6) is 5.75 Å². The Balaban J connectivity index is 2.44. The summed E-state index contributed by atoms with van der Waals surface area (Å²) < 4.78 is 5.13. The second-order valence-corrected chi connectivity index (χ2v) is 2.88. The minimum absolute atomic E-state index is 0.730. The van der Waals surface area contributed by atoms with Gasteiger partial charge in [-0.2, -0.15) is 0 Å². The third kappa shape index (κ3) is 3.51. The Morgan fingerprint density at radius 3 is 3.00 bits per heavy atom. The maximum atomic E-state index is 5.13. The van der Waals surface area contributed by atoms with Crippen LogP contribution in [0.3, 0.4) is 0 Å². The predicted octanol–water partition coefficient (Wildman–Crippen LogP) is 1.81. The predicted molar refractivity (Wildman–Crippen MR) is 58.2 cm³/mol. The van der Waals surface area contributed by atoms with Crippen molar-refractivity contribution in [3.8, 4) is 17.6 Å². The molecule has 0 fully saturated rings. The Kier molecular flexibility index (Phi) is 4.60. The van der Waals surface area contributed by atoms with Gasteiger partial charge in [-0.25, -0.2) is 0 Å². The summed E-state index contributed by atoms with van der Waals surface area (Å²) in [4.78, 5) is 0. The van der Waals surface area contributed by atoms with E-state index in [-0.39, 0.29) is 0 Å². The smallest absolute Gasteiger partial charge is 0.119 e. The van der Waals surface area contributed by atoms with Crippen LogP contribution in [0.1, 0.15) is 12.5 Å². The zero-order valence-electron chi connectivity index (χ0n) is 8.63. The van der Waals surface area contributed by atoms with Gasteiger partial charge in [0, 0.05) is 6.54 Å². The average molecular weight is 189 g/mol. The van der Waals surface area contributed by atoms with Crippen LogP contribution >= 0.6 is 0 Å². The molecule has 0 atom stereocenters. The standard InChI is InChI=1S/C12H15NO/c1-3-4-8-13-10-11-6-5-7-12(9-11)14-2/h5-7,9,13H,8,10H2,1-2H3. The Hall–Kier alpha value is -1.46. The van der Waals surface area contributed by atoms with Crippen LogP contribution in [0, 0.1) is 11.8 Å². The summed E-state index contributed by atoms with van der Waals surface area (Å²) in [5.41, 5.74) is 1.21. The summed E-state index contributed by atoms with van der Waals surface area (Å²) in [6, 6.07) is 8.01. The molecule has 0 aromatic heterocycles. The van der Waals surface area contributed by atoms with Crippen molar-refractivity contribution in [3.05, 3.63) is 29.8 Å². The molecule has 14 heavy (non-hydrogen) atoms. The van der Waals surface area contributed by atoms with Gasteiger partial charge >= 0.3 is 0 Å². The molecule has 0 saturated heterocycles. The van der Waals surface area contributed by atoms with Crippen LogP contribution in [-0.2, 0) is 6.54 Å². The van der Waals surface area contributed by atoms with E-state index < -0.39 is 0 Å². The maximum absolute atomic E-state index is 5.13. The van der Waals surface area contributed by atoms with Crippen molar-refractivity contribution < 1.29 is 4.74 Å². The summed E-state index contributed by atoms with van der Waals surface area (Å²) in [5, 5.41) is 3.22. The molecule has 0 aliphatic carbocycles. The van der Waals surface area contributed by atoms with Gasteiger partial charge in [-0.3, -0.25) is 0 Å². The summed E-state index contributed by atoms with van der Waals surface area (Å²) >= 11 is 0. The first-order valence-electron chi connectivity index (χ1n) is 4.60. The normalized spacial score (nSPS) is 9.00. The number of ether oxygens (including phenoxy) is 1. The van der Waals surface area contributed by atoms with E-state index in [0.717, 1.165) is 18.8 Å². The van der Waals surface area contributed by atoms with Crippen LogP contribution in [0.2, 0.25) is 0 Å². The lowest BCUT2D eigenvalue weighted by Crippen LogP contribution is -2.12. The highest BCUT2D eigenvalue weighted by atomic mass is 16.5. The van der Waals surface area contributed by atoms with Gasteiger partial charge < -0.3 is 10.1 Å². The number of rotatable bonds is 4. The maximum Gasteiger partial charge on any atom is 0.119 e. The molecule has 0 bridgehead atoms. The van der Waals surface area contributed by atoms with Crippen molar-refractivity contribution in [3.63, 3.8) is 0 Å². The Morgan fingerprint density at radius 2 is 2.29 bits per heavy atom. The fourth-order valence-corrected chi connectivity index (χ4v) is 1.14. The van der Waals surface area contributed by atoms with E-state index in [1.54, 1.807) is 7.11 Å². The van der Waals surface area contributed by atoms with E-state index >= 15 is 0 Å². The highest BCUT2D eigenvalue weighted by Crippen LogP contribution is 2.11. The van der Waals surface area contributed by atoms with Crippen molar-refractivity contribution in [2.75, 3.05) is 13.7 Å². The number of methoxy groups -OCH3 is 1. The third-order valence-corrected chi connectivity index (χ3v) is 1.85. The highest BCUT2D eigenvalue weighted by molar-refractivity contribution is 5.28. The van der Waals surface area contributed by atoms with Gasteiger partial charge in [0.1, 0.15) is 5.75 Å². The van der Waals surface area contributed by atoms with Gasteiger partial charge in [-0.15, -0.1) is 5.92 Å². The van der Waals surface area contributed by atoms with Gasteiger partial charge in [0.15, 0.2) is 0 Å². The van der Waals surface area contributed by atoms with E-state index in [9.17, 15) is 0 Å². The molecule has 0 aliphatic rings. The molecular formula is C12H15NO. The molecule has 2 nitrogen and oxygen atoms in total. The van der Waals surface area contributed by atoms with Crippen LogP contribution in [0.4, 0.5) is 0 Å². The summed E-state index contributed by atoms with van der Waals surface area (Å²) in [6.07, 6.45) is 0. The quantitative estimate of drug-likeness (QED) is 0.576. The van der Waals surface area contributed by atoms with Gasteiger partial charge in [0.25, 0.3) is 0 Å².